The fraction of sp³-hybridized carbons (Fsp3) is 0.250. The van der Waals surface area contributed by atoms with Gasteiger partial charge in [0.25, 0.3) is 0 Å². The molecule has 0 aliphatic carbocycles. The van der Waals surface area contributed by atoms with Crippen LogP contribution in [0, 0.1) is 0 Å². The second-order valence-corrected chi connectivity index (χ2v) is 12.0. The summed E-state index contributed by atoms with van der Waals surface area (Å²) in [5, 5.41) is 11.2. The summed E-state index contributed by atoms with van der Waals surface area (Å²) in [5.74, 6) is -0.123. The van der Waals surface area contributed by atoms with E-state index in [4.69, 9.17) is 21.1 Å². The van der Waals surface area contributed by atoms with Gasteiger partial charge in [-0.05, 0) is 66.9 Å². The number of ether oxygens (including phenoxy) is 2. The molecule has 1 atom stereocenters. The van der Waals surface area contributed by atoms with Crippen molar-refractivity contribution in [2.75, 3.05) is 26.3 Å². The number of aliphatic hydroxyl groups is 1. The van der Waals surface area contributed by atoms with Gasteiger partial charge in [-0.25, -0.2) is 18.2 Å². The van der Waals surface area contributed by atoms with Crippen LogP contribution in [0.1, 0.15) is 29.7 Å². The molecule has 10 heteroatoms. The number of aliphatic hydroxyl groups excluding tert-OH is 1. The number of hydrogen-bond donors (Lipinski definition) is 1. The molecule has 4 rings (SSSR count). The summed E-state index contributed by atoms with van der Waals surface area (Å²) in [4.78, 5) is 18.0. The molecule has 3 aromatic carbocycles. The first kappa shape index (κ1) is 31.2. The number of sulfone groups is 1. The van der Waals surface area contributed by atoms with E-state index >= 15 is 0 Å². The number of hydrogen-bond acceptors (Lipinski definition) is 8. The highest BCUT2D eigenvalue weighted by Crippen LogP contribution is 2.24. The molecule has 1 aromatic heterocycles. The van der Waals surface area contributed by atoms with Gasteiger partial charge >= 0.3 is 5.97 Å². The van der Waals surface area contributed by atoms with Crippen molar-refractivity contribution in [1.82, 2.24) is 9.88 Å². The van der Waals surface area contributed by atoms with Crippen LogP contribution in [0.3, 0.4) is 0 Å². The summed E-state index contributed by atoms with van der Waals surface area (Å²) in [6.45, 7) is 3.40. The zero-order valence-electron chi connectivity index (χ0n) is 23.2. The Labute approximate surface area is 251 Å². The van der Waals surface area contributed by atoms with Crippen LogP contribution in [-0.4, -0.2) is 55.7 Å². The quantitative estimate of drug-likeness (QED) is 0.152. The third kappa shape index (κ3) is 8.87. The zero-order chi connectivity index (χ0) is 30.0. The Kier molecular flexibility index (Phi) is 11.1. The molecule has 0 bridgehead atoms. The molecule has 1 heterocycles. The van der Waals surface area contributed by atoms with Gasteiger partial charge in [-0.15, -0.1) is 0 Å². The second-order valence-electron chi connectivity index (χ2n) is 9.61. The van der Waals surface area contributed by atoms with Gasteiger partial charge in [0.15, 0.2) is 6.61 Å². The highest BCUT2D eigenvalue weighted by atomic mass is 35.5. The maximum atomic E-state index is 13.2. The van der Waals surface area contributed by atoms with Crippen LogP contribution in [0.4, 0.5) is 0 Å². The smallest absolute Gasteiger partial charge is 0.344 e. The zero-order valence-corrected chi connectivity index (χ0v) is 24.8. The summed E-state index contributed by atoms with van der Waals surface area (Å²) in [6, 6.07) is 26.2. The van der Waals surface area contributed by atoms with Crippen molar-refractivity contribution in [1.29, 1.82) is 0 Å². The average Bonchev–Trinajstić information content (AvgIpc) is 3.00. The van der Waals surface area contributed by atoms with Crippen molar-refractivity contribution in [3.05, 3.63) is 119 Å². The Morgan fingerprint density at radius 3 is 2.21 bits per heavy atom. The highest BCUT2D eigenvalue weighted by molar-refractivity contribution is 7.91. The lowest BCUT2D eigenvalue weighted by molar-refractivity contribution is -0.145. The van der Waals surface area contributed by atoms with Crippen LogP contribution in [0.15, 0.2) is 107 Å². The average molecular weight is 609 g/mol. The van der Waals surface area contributed by atoms with Gasteiger partial charge < -0.3 is 14.6 Å². The number of esters is 1. The second kappa shape index (κ2) is 14.9. The Morgan fingerprint density at radius 2 is 1.60 bits per heavy atom. The van der Waals surface area contributed by atoms with Gasteiger partial charge in [-0.3, -0.25) is 4.90 Å². The predicted molar refractivity (Wildman–Crippen MR) is 160 cm³/mol. The molecule has 0 saturated heterocycles. The Morgan fingerprint density at radius 1 is 0.929 bits per heavy atom. The largest absolute Gasteiger partial charge is 0.482 e. The van der Waals surface area contributed by atoms with Crippen LogP contribution < -0.4 is 4.74 Å². The third-order valence-corrected chi connectivity index (χ3v) is 8.57. The monoisotopic (exact) mass is 608 g/mol. The van der Waals surface area contributed by atoms with E-state index in [1.54, 1.807) is 37.4 Å². The number of aromatic nitrogens is 1. The molecule has 8 nitrogen and oxygen atoms in total. The van der Waals surface area contributed by atoms with Crippen molar-refractivity contribution in [2.45, 2.75) is 35.8 Å². The van der Waals surface area contributed by atoms with Crippen LogP contribution >= 0.6 is 11.6 Å². The van der Waals surface area contributed by atoms with E-state index < -0.39 is 21.9 Å². The van der Waals surface area contributed by atoms with Crippen molar-refractivity contribution >= 4 is 27.4 Å². The first-order valence-corrected chi connectivity index (χ1v) is 15.4. The molecular weight excluding hydrogens is 576 g/mol. The fourth-order valence-corrected chi connectivity index (χ4v) is 5.70. The first-order chi connectivity index (χ1) is 20.2. The molecule has 1 unspecified atom stereocenters. The summed E-state index contributed by atoms with van der Waals surface area (Å²) in [5.41, 5.74) is 2.78. The van der Waals surface area contributed by atoms with Crippen LogP contribution in [0.2, 0.25) is 5.15 Å². The van der Waals surface area contributed by atoms with Gasteiger partial charge in [-0.1, -0.05) is 60.1 Å². The molecule has 1 N–H and O–H groups in total. The maximum absolute atomic E-state index is 13.2. The number of pyridine rings is 1. The van der Waals surface area contributed by atoms with Gasteiger partial charge in [0.05, 0.1) is 22.5 Å². The minimum Gasteiger partial charge on any atom is -0.482 e. The highest BCUT2D eigenvalue weighted by Gasteiger charge is 2.19. The van der Waals surface area contributed by atoms with Gasteiger partial charge in [0, 0.05) is 31.4 Å². The molecule has 4 aromatic rings. The molecule has 0 aliphatic rings. The first-order valence-electron chi connectivity index (χ1n) is 13.5. The molecule has 0 fully saturated rings. The predicted octanol–water partition coefficient (Wildman–Crippen LogP) is 5.29. The van der Waals surface area contributed by atoms with E-state index in [0.717, 1.165) is 11.1 Å². The minimum absolute atomic E-state index is 0.124. The summed E-state index contributed by atoms with van der Waals surface area (Å²) >= 11 is 5.90. The van der Waals surface area contributed by atoms with Crippen molar-refractivity contribution < 1.29 is 27.8 Å². The van der Waals surface area contributed by atoms with Crippen molar-refractivity contribution in [2.24, 2.45) is 0 Å². The fourth-order valence-electron chi connectivity index (χ4n) is 4.33. The van der Waals surface area contributed by atoms with E-state index in [-0.39, 0.29) is 23.0 Å². The maximum Gasteiger partial charge on any atom is 0.344 e. The van der Waals surface area contributed by atoms with E-state index in [2.05, 4.69) is 9.88 Å². The molecular formula is C32H33ClN2O6S. The lowest BCUT2D eigenvalue weighted by Crippen LogP contribution is -2.30. The summed E-state index contributed by atoms with van der Waals surface area (Å²) in [7, 11) is -3.74. The van der Waals surface area contributed by atoms with Gasteiger partial charge in [-0.2, -0.15) is 0 Å². The topological polar surface area (TPSA) is 106 Å². The summed E-state index contributed by atoms with van der Waals surface area (Å²) < 4.78 is 36.6. The number of carbonyl (C=O) groups is 1. The molecule has 0 spiro atoms. The number of carbonyl (C=O) groups excluding carboxylic acids is 1. The van der Waals surface area contributed by atoms with E-state index in [0.29, 0.717) is 42.5 Å². The minimum atomic E-state index is -3.74. The number of nitrogens with zero attached hydrogens (tertiary/aromatic N) is 2. The number of halogens is 1. The van der Waals surface area contributed by atoms with E-state index in [1.807, 2.05) is 42.5 Å². The van der Waals surface area contributed by atoms with Crippen molar-refractivity contribution in [3.63, 3.8) is 0 Å². The third-order valence-electron chi connectivity index (χ3n) is 6.56. The lowest BCUT2D eigenvalue weighted by atomic mass is 10.1. The SMILES string of the molecule is CCOC(=O)COc1ccc(S(=O)(=O)c2ccc(CCN(Cc3ccccc3)CC(O)c3ccc(Cl)nc3)cc2)cc1. The molecule has 220 valence electrons. The standard InChI is InChI=1S/C32H33ClN2O6S/c1-2-40-32(37)23-41-27-11-15-29(16-12-27)42(38,39)28-13-8-24(9-14-28)18-19-35(21-25-6-4-3-5-7-25)22-30(36)26-10-17-31(33)34-20-26/h3-17,20,30,36H,2,18-19,21-23H2,1H3. The lowest BCUT2D eigenvalue weighted by Gasteiger charge is -2.25. The molecule has 0 amide bonds. The van der Waals surface area contributed by atoms with Gasteiger partial charge in [0.1, 0.15) is 10.9 Å². The van der Waals surface area contributed by atoms with Gasteiger partial charge in [0.2, 0.25) is 9.84 Å². The van der Waals surface area contributed by atoms with E-state index in [1.165, 1.54) is 24.3 Å². The summed E-state index contributed by atoms with van der Waals surface area (Å²) in [6.07, 6.45) is 1.50. The van der Waals surface area contributed by atoms with Crippen LogP contribution in [0.25, 0.3) is 0 Å². The number of benzene rings is 3. The van der Waals surface area contributed by atoms with E-state index in [9.17, 15) is 18.3 Å². The van der Waals surface area contributed by atoms with Crippen LogP contribution in [-0.2, 0) is 32.3 Å². The molecule has 0 aliphatic heterocycles. The van der Waals surface area contributed by atoms with Crippen molar-refractivity contribution in [3.8, 4) is 5.75 Å². The Balaban J connectivity index is 1.40. The Hall–Kier alpha value is -3.76. The number of rotatable bonds is 14. The normalized spacial score (nSPS) is 12.2. The molecule has 42 heavy (non-hydrogen) atoms. The Bertz CT molecular complexity index is 1530. The molecule has 0 saturated carbocycles. The van der Waals surface area contributed by atoms with Crippen LogP contribution in [0.5, 0.6) is 5.75 Å². The molecule has 0 radical (unpaired) electrons.